The van der Waals surface area contributed by atoms with E-state index in [1.807, 2.05) is 6.92 Å². The monoisotopic (exact) mass is 277 g/mol. The van der Waals surface area contributed by atoms with Gasteiger partial charge in [-0.3, -0.25) is 0 Å². The molecule has 0 unspecified atom stereocenters. The number of carboxylic acid groups (broad SMARTS) is 1. The molecule has 0 aliphatic carbocycles. The Morgan fingerprint density at radius 2 is 2.05 bits per heavy atom. The number of aromatic carboxylic acids is 1. The fourth-order valence-corrected chi connectivity index (χ4v) is 1.93. The summed E-state index contributed by atoms with van der Waals surface area (Å²) in [7, 11) is 0. The lowest BCUT2D eigenvalue weighted by Crippen LogP contribution is -2.18. The summed E-state index contributed by atoms with van der Waals surface area (Å²) in [5.74, 6) is -0.821. The van der Waals surface area contributed by atoms with Gasteiger partial charge in [-0.2, -0.15) is 0 Å². The maximum Gasteiger partial charge on any atom is 0.371 e. The Hall–Kier alpha value is -2.14. The zero-order chi connectivity index (χ0) is 14.7. The molecule has 0 bridgehead atoms. The van der Waals surface area contributed by atoms with Gasteiger partial charge in [-0.25, -0.2) is 9.18 Å². The van der Waals surface area contributed by atoms with Gasteiger partial charge in [0, 0.05) is 18.2 Å². The molecule has 0 fully saturated rings. The second-order valence-electron chi connectivity index (χ2n) is 4.65. The van der Waals surface area contributed by atoms with E-state index in [1.54, 1.807) is 19.1 Å². The Morgan fingerprint density at radius 1 is 1.40 bits per heavy atom. The molecule has 1 aromatic heterocycles. The van der Waals surface area contributed by atoms with Gasteiger partial charge in [-0.1, -0.05) is 12.1 Å². The molecular weight excluding hydrogens is 261 g/mol. The lowest BCUT2D eigenvalue weighted by molar-refractivity contribution is 0.0661. The standard InChI is InChI=1S/C15H16FNO3/c1-9(11-3-5-13(16)6-4-11)17-8-12-7-14(15(18)19)20-10(12)2/h3-7,9,17H,8H2,1-2H3,(H,18,19)/t9-/m1/s1. The van der Waals surface area contributed by atoms with E-state index in [0.29, 0.717) is 12.3 Å². The Labute approximate surface area is 116 Å². The average molecular weight is 277 g/mol. The zero-order valence-corrected chi connectivity index (χ0v) is 11.3. The van der Waals surface area contributed by atoms with Crippen molar-refractivity contribution < 1.29 is 18.7 Å². The van der Waals surface area contributed by atoms with Crippen LogP contribution in [0.5, 0.6) is 0 Å². The topological polar surface area (TPSA) is 62.5 Å². The molecule has 2 aromatic rings. The summed E-state index contributed by atoms with van der Waals surface area (Å²) in [6.45, 7) is 4.17. The second kappa shape index (κ2) is 5.88. The first kappa shape index (κ1) is 14.3. The fourth-order valence-electron chi connectivity index (χ4n) is 1.93. The predicted molar refractivity (Wildman–Crippen MR) is 72.1 cm³/mol. The lowest BCUT2D eigenvalue weighted by atomic mass is 10.1. The highest BCUT2D eigenvalue weighted by atomic mass is 19.1. The van der Waals surface area contributed by atoms with Crippen molar-refractivity contribution >= 4 is 5.97 Å². The summed E-state index contributed by atoms with van der Waals surface area (Å²) in [5.41, 5.74) is 1.77. The van der Waals surface area contributed by atoms with Crippen LogP contribution in [0.4, 0.5) is 4.39 Å². The molecule has 0 spiro atoms. The molecule has 0 saturated carbocycles. The minimum atomic E-state index is -1.08. The van der Waals surface area contributed by atoms with Crippen molar-refractivity contribution in [2.24, 2.45) is 0 Å². The van der Waals surface area contributed by atoms with Crippen LogP contribution in [0.2, 0.25) is 0 Å². The van der Waals surface area contributed by atoms with E-state index in [4.69, 9.17) is 9.52 Å². The van der Waals surface area contributed by atoms with Crippen LogP contribution in [0.25, 0.3) is 0 Å². The average Bonchev–Trinajstić information content (AvgIpc) is 2.78. The molecule has 106 valence electrons. The number of hydrogen-bond acceptors (Lipinski definition) is 3. The van der Waals surface area contributed by atoms with E-state index in [2.05, 4.69) is 5.32 Å². The Kier molecular flexibility index (Phi) is 4.20. The summed E-state index contributed by atoms with van der Waals surface area (Å²) in [4.78, 5) is 10.8. The predicted octanol–water partition coefficient (Wildman–Crippen LogP) is 3.28. The molecule has 20 heavy (non-hydrogen) atoms. The zero-order valence-electron chi connectivity index (χ0n) is 11.3. The van der Waals surface area contributed by atoms with Gasteiger partial charge in [0.2, 0.25) is 5.76 Å². The number of carboxylic acids is 1. The fraction of sp³-hybridized carbons (Fsp3) is 0.267. The van der Waals surface area contributed by atoms with Gasteiger partial charge in [-0.15, -0.1) is 0 Å². The minimum absolute atomic E-state index is 0.0261. The Bertz CT molecular complexity index is 604. The Morgan fingerprint density at radius 3 is 2.60 bits per heavy atom. The molecule has 4 nitrogen and oxygen atoms in total. The van der Waals surface area contributed by atoms with Crippen LogP contribution < -0.4 is 5.32 Å². The number of furan rings is 1. The van der Waals surface area contributed by atoms with Gasteiger partial charge in [-0.05, 0) is 37.6 Å². The minimum Gasteiger partial charge on any atom is -0.475 e. The number of nitrogens with one attached hydrogen (secondary N) is 1. The first-order valence-electron chi connectivity index (χ1n) is 6.29. The summed E-state index contributed by atoms with van der Waals surface area (Å²) in [6.07, 6.45) is 0. The van der Waals surface area contributed by atoms with Crippen LogP contribution in [-0.2, 0) is 6.54 Å². The quantitative estimate of drug-likeness (QED) is 0.880. The highest BCUT2D eigenvalue weighted by molar-refractivity contribution is 5.84. The molecule has 1 atom stereocenters. The van der Waals surface area contributed by atoms with Crippen molar-refractivity contribution in [3.8, 4) is 0 Å². The van der Waals surface area contributed by atoms with Crippen LogP contribution in [0.3, 0.4) is 0 Å². The number of hydrogen-bond donors (Lipinski definition) is 2. The third-order valence-electron chi connectivity index (χ3n) is 3.20. The van der Waals surface area contributed by atoms with E-state index >= 15 is 0 Å². The molecule has 0 aliphatic heterocycles. The summed E-state index contributed by atoms with van der Waals surface area (Å²) >= 11 is 0. The van der Waals surface area contributed by atoms with Crippen molar-refractivity contribution in [2.75, 3.05) is 0 Å². The van der Waals surface area contributed by atoms with Gasteiger partial charge < -0.3 is 14.8 Å². The van der Waals surface area contributed by atoms with Crippen molar-refractivity contribution in [3.05, 3.63) is 58.8 Å². The van der Waals surface area contributed by atoms with E-state index in [9.17, 15) is 9.18 Å². The third kappa shape index (κ3) is 3.24. The van der Waals surface area contributed by atoms with Gasteiger partial charge >= 0.3 is 5.97 Å². The summed E-state index contributed by atoms with van der Waals surface area (Å²) in [6, 6.07) is 7.81. The van der Waals surface area contributed by atoms with Crippen LogP contribution in [-0.4, -0.2) is 11.1 Å². The summed E-state index contributed by atoms with van der Waals surface area (Å²) < 4.78 is 18.0. The second-order valence-corrected chi connectivity index (χ2v) is 4.65. The van der Waals surface area contributed by atoms with E-state index in [1.165, 1.54) is 18.2 Å². The van der Waals surface area contributed by atoms with Crippen LogP contribution in [0.15, 0.2) is 34.7 Å². The number of aryl methyl sites for hydroxylation is 1. The van der Waals surface area contributed by atoms with E-state index in [-0.39, 0.29) is 17.6 Å². The highest BCUT2D eigenvalue weighted by Crippen LogP contribution is 2.17. The van der Waals surface area contributed by atoms with Crippen LogP contribution in [0, 0.1) is 12.7 Å². The Balaban J connectivity index is 2.01. The van der Waals surface area contributed by atoms with Gasteiger partial charge in [0.25, 0.3) is 0 Å². The van der Waals surface area contributed by atoms with Crippen molar-refractivity contribution in [1.82, 2.24) is 5.32 Å². The third-order valence-corrected chi connectivity index (χ3v) is 3.20. The molecule has 1 heterocycles. The first-order chi connectivity index (χ1) is 9.47. The number of benzene rings is 1. The SMILES string of the molecule is Cc1oc(C(=O)O)cc1CN[C@H](C)c1ccc(F)cc1. The first-order valence-corrected chi connectivity index (χ1v) is 6.29. The van der Waals surface area contributed by atoms with Crippen molar-refractivity contribution in [2.45, 2.75) is 26.4 Å². The number of rotatable bonds is 5. The molecule has 2 N–H and O–H groups in total. The molecule has 5 heteroatoms. The summed E-state index contributed by atoms with van der Waals surface area (Å²) in [5, 5.41) is 12.1. The van der Waals surface area contributed by atoms with E-state index in [0.717, 1.165) is 11.1 Å². The van der Waals surface area contributed by atoms with Gasteiger partial charge in [0.05, 0.1) is 0 Å². The van der Waals surface area contributed by atoms with Crippen molar-refractivity contribution in [1.29, 1.82) is 0 Å². The molecule has 1 aromatic carbocycles. The largest absolute Gasteiger partial charge is 0.475 e. The van der Waals surface area contributed by atoms with Crippen molar-refractivity contribution in [3.63, 3.8) is 0 Å². The maximum absolute atomic E-state index is 12.8. The molecule has 0 aliphatic rings. The number of carbonyl (C=O) groups is 1. The van der Waals surface area contributed by atoms with Gasteiger partial charge in [0.15, 0.2) is 0 Å². The normalized spacial score (nSPS) is 12.3. The lowest BCUT2D eigenvalue weighted by Gasteiger charge is -2.13. The van der Waals surface area contributed by atoms with Crippen LogP contribution >= 0.6 is 0 Å². The molecular formula is C15H16FNO3. The number of halogens is 1. The smallest absolute Gasteiger partial charge is 0.371 e. The molecule has 0 radical (unpaired) electrons. The highest BCUT2D eigenvalue weighted by Gasteiger charge is 2.14. The molecule has 0 amide bonds. The maximum atomic E-state index is 12.8. The molecule has 2 rings (SSSR count). The molecule has 0 saturated heterocycles. The van der Waals surface area contributed by atoms with Crippen LogP contribution in [0.1, 0.15) is 40.4 Å². The van der Waals surface area contributed by atoms with Gasteiger partial charge in [0.1, 0.15) is 11.6 Å². The van der Waals surface area contributed by atoms with E-state index < -0.39 is 5.97 Å².